The summed E-state index contributed by atoms with van der Waals surface area (Å²) in [6.45, 7) is 4.46. The molecule has 0 aromatic heterocycles. The van der Waals surface area contributed by atoms with Crippen molar-refractivity contribution in [2.75, 3.05) is 31.5 Å². The van der Waals surface area contributed by atoms with E-state index >= 15 is 0 Å². The second-order valence-corrected chi connectivity index (χ2v) is 10.3. The van der Waals surface area contributed by atoms with Gasteiger partial charge in [-0.3, -0.25) is 14.6 Å². The molecule has 0 aliphatic carbocycles. The predicted octanol–water partition coefficient (Wildman–Crippen LogP) is 4.08. The monoisotopic (exact) mass is 583 g/mol. The largest absolute Gasteiger partial charge is 0.478 e. The van der Waals surface area contributed by atoms with Gasteiger partial charge < -0.3 is 20.6 Å². The summed E-state index contributed by atoms with van der Waals surface area (Å²) >= 11 is 3.38. The number of anilines is 1. The van der Waals surface area contributed by atoms with Crippen LogP contribution < -0.4 is 5.32 Å². The van der Waals surface area contributed by atoms with Gasteiger partial charge in [0.2, 0.25) is 0 Å². The summed E-state index contributed by atoms with van der Waals surface area (Å²) in [5, 5.41) is 30.0. The number of carbonyl (C=O) groups excluding carboxylic acids is 1. The molecule has 2 aliphatic rings. The van der Waals surface area contributed by atoms with E-state index in [1.165, 1.54) is 0 Å². The molecular formula is C29H34BrN3O5. The van der Waals surface area contributed by atoms with E-state index in [0.29, 0.717) is 24.2 Å². The molecule has 0 unspecified atom stereocenters. The van der Waals surface area contributed by atoms with Crippen molar-refractivity contribution in [3.8, 4) is 0 Å². The third kappa shape index (κ3) is 8.47. The fourth-order valence-corrected chi connectivity index (χ4v) is 4.54. The third-order valence-corrected chi connectivity index (χ3v) is 6.68. The highest BCUT2D eigenvalue weighted by Gasteiger charge is 2.24. The van der Waals surface area contributed by atoms with Crippen LogP contribution >= 0.6 is 15.9 Å². The number of aromatic carboxylic acids is 1. The van der Waals surface area contributed by atoms with Crippen molar-refractivity contribution >= 4 is 33.5 Å². The number of carboxylic acid groups (broad SMARTS) is 1. The van der Waals surface area contributed by atoms with Crippen LogP contribution in [0.1, 0.15) is 39.3 Å². The highest BCUT2D eigenvalue weighted by molar-refractivity contribution is 9.10. The summed E-state index contributed by atoms with van der Waals surface area (Å²) in [5.74, 6) is -1.02. The van der Waals surface area contributed by atoms with Gasteiger partial charge in [0.25, 0.3) is 5.91 Å². The number of aliphatic hydroxyl groups excluding tert-OH is 2. The van der Waals surface area contributed by atoms with E-state index in [1.807, 2.05) is 60.7 Å². The van der Waals surface area contributed by atoms with Gasteiger partial charge in [0.15, 0.2) is 0 Å². The Morgan fingerprint density at radius 1 is 0.789 bits per heavy atom. The van der Waals surface area contributed by atoms with Crippen molar-refractivity contribution in [2.24, 2.45) is 0 Å². The molecular weight excluding hydrogens is 550 g/mol. The molecule has 0 saturated carbocycles. The zero-order chi connectivity index (χ0) is 26.4. The number of rotatable bonds is 7. The molecule has 202 valence electrons. The molecule has 2 aliphatic heterocycles. The van der Waals surface area contributed by atoms with Crippen LogP contribution in [-0.2, 0) is 13.1 Å². The van der Waals surface area contributed by atoms with E-state index < -0.39 is 5.97 Å². The van der Waals surface area contributed by atoms with E-state index in [0.717, 1.165) is 47.5 Å². The van der Waals surface area contributed by atoms with Gasteiger partial charge in [-0.05, 0) is 53.6 Å². The van der Waals surface area contributed by atoms with Crippen LogP contribution in [0.5, 0.6) is 0 Å². The fraction of sp³-hybridized carbons (Fsp3) is 0.310. The Bertz CT molecular complexity index is 1210. The van der Waals surface area contributed by atoms with E-state index in [9.17, 15) is 14.7 Å². The average Bonchev–Trinajstić information content (AvgIpc) is 2.83. The molecule has 2 fully saturated rings. The Labute approximate surface area is 231 Å². The number of hydrogen-bond acceptors (Lipinski definition) is 6. The molecule has 38 heavy (non-hydrogen) atoms. The molecule has 2 heterocycles. The number of carboxylic acids is 1. The van der Waals surface area contributed by atoms with Crippen molar-refractivity contribution in [3.05, 3.63) is 99.5 Å². The molecule has 0 radical (unpaired) electrons. The van der Waals surface area contributed by atoms with Crippen LogP contribution in [0.3, 0.4) is 0 Å². The predicted molar refractivity (Wildman–Crippen MR) is 151 cm³/mol. The normalized spacial score (nSPS) is 15.8. The molecule has 3 aromatic carbocycles. The van der Waals surface area contributed by atoms with Crippen LogP contribution in [-0.4, -0.2) is 75.4 Å². The van der Waals surface area contributed by atoms with Gasteiger partial charge in [0.1, 0.15) is 0 Å². The summed E-state index contributed by atoms with van der Waals surface area (Å²) in [6.07, 6.45) is -0.376. The number of amides is 1. The highest BCUT2D eigenvalue weighted by Crippen LogP contribution is 2.18. The Morgan fingerprint density at radius 2 is 1.26 bits per heavy atom. The first-order valence-corrected chi connectivity index (χ1v) is 12.8. The number of likely N-dealkylation sites (tertiary alicyclic amines) is 2. The molecule has 9 heteroatoms. The van der Waals surface area contributed by atoms with Gasteiger partial charge in [-0.25, -0.2) is 4.79 Å². The quantitative estimate of drug-likeness (QED) is 0.331. The maximum Gasteiger partial charge on any atom is 0.335 e. The summed E-state index contributed by atoms with van der Waals surface area (Å²) in [4.78, 5) is 27.1. The van der Waals surface area contributed by atoms with Crippen molar-refractivity contribution < 1.29 is 24.9 Å². The minimum absolute atomic E-state index is 0. The number of aliphatic hydroxyl groups is 2. The maximum absolute atomic E-state index is 12.2. The lowest BCUT2D eigenvalue weighted by atomic mass is 10.1. The first-order valence-electron chi connectivity index (χ1n) is 12.0. The van der Waals surface area contributed by atoms with Crippen molar-refractivity contribution in [1.29, 1.82) is 0 Å². The Morgan fingerprint density at radius 3 is 1.68 bits per heavy atom. The molecule has 3 aromatic rings. The number of carbonyl (C=O) groups is 2. The Balaban J connectivity index is 0.000000220. The SMILES string of the molecule is C.O=C(Nc1cccc(Br)c1)c1ccc(CN2CC(O)C2)cc1.O=C(O)c1ccc(CN2CC(O)C2)cc1. The lowest BCUT2D eigenvalue weighted by Gasteiger charge is -2.35. The smallest absolute Gasteiger partial charge is 0.335 e. The first-order chi connectivity index (χ1) is 17.7. The minimum Gasteiger partial charge on any atom is -0.478 e. The van der Waals surface area contributed by atoms with Crippen LogP contribution in [0, 0.1) is 0 Å². The summed E-state index contributed by atoms with van der Waals surface area (Å²) in [7, 11) is 0. The topological polar surface area (TPSA) is 113 Å². The van der Waals surface area contributed by atoms with Crippen molar-refractivity contribution in [3.63, 3.8) is 0 Å². The molecule has 0 atom stereocenters. The van der Waals surface area contributed by atoms with Gasteiger partial charge in [-0.2, -0.15) is 0 Å². The molecule has 0 bridgehead atoms. The number of benzene rings is 3. The van der Waals surface area contributed by atoms with Crippen LogP contribution in [0.2, 0.25) is 0 Å². The molecule has 5 rings (SSSR count). The summed E-state index contributed by atoms with van der Waals surface area (Å²) in [5.41, 5.74) is 3.92. The molecule has 2 saturated heterocycles. The van der Waals surface area contributed by atoms with Crippen molar-refractivity contribution in [2.45, 2.75) is 32.7 Å². The van der Waals surface area contributed by atoms with Gasteiger partial charge in [0.05, 0.1) is 17.8 Å². The molecule has 8 nitrogen and oxygen atoms in total. The second kappa shape index (κ2) is 13.6. The minimum atomic E-state index is -0.902. The molecule has 4 N–H and O–H groups in total. The van der Waals surface area contributed by atoms with Gasteiger partial charge in [-0.1, -0.05) is 53.7 Å². The van der Waals surface area contributed by atoms with Crippen LogP contribution in [0.15, 0.2) is 77.3 Å². The van der Waals surface area contributed by atoms with Crippen LogP contribution in [0.4, 0.5) is 5.69 Å². The van der Waals surface area contributed by atoms with E-state index in [2.05, 4.69) is 31.0 Å². The lowest BCUT2D eigenvalue weighted by molar-refractivity contribution is -0.00307. The zero-order valence-electron chi connectivity index (χ0n) is 20.3. The zero-order valence-corrected chi connectivity index (χ0v) is 21.8. The number of nitrogens with one attached hydrogen (secondary N) is 1. The number of halogens is 1. The van der Waals surface area contributed by atoms with Crippen LogP contribution in [0.25, 0.3) is 0 Å². The second-order valence-electron chi connectivity index (χ2n) is 9.36. The van der Waals surface area contributed by atoms with E-state index in [1.54, 1.807) is 12.1 Å². The molecule has 1 amide bonds. The maximum atomic E-state index is 12.2. The standard InChI is InChI=1S/C17H17BrN2O2.C11H13NO3.CH4/c18-14-2-1-3-15(8-14)19-17(22)13-6-4-12(5-7-13)9-20-10-16(21)11-20;13-10-6-12(7-10)5-8-1-3-9(4-2-8)11(14)15;/h1-8,16,21H,9-11H2,(H,19,22);1-4,10,13H,5-7H2,(H,14,15);1H4. The van der Waals surface area contributed by atoms with Gasteiger partial charge >= 0.3 is 5.97 Å². The van der Waals surface area contributed by atoms with E-state index in [-0.39, 0.29) is 25.5 Å². The van der Waals surface area contributed by atoms with Crippen molar-refractivity contribution in [1.82, 2.24) is 9.80 Å². The molecule has 0 spiro atoms. The van der Waals surface area contributed by atoms with Gasteiger partial charge in [-0.15, -0.1) is 0 Å². The third-order valence-electron chi connectivity index (χ3n) is 6.19. The van der Waals surface area contributed by atoms with Gasteiger partial charge in [0, 0.05) is 55.0 Å². The Hall–Kier alpha value is -3.08. The first kappa shape index (κ1) is 29.5. The number of β-amino-alcohol motifs (C(OH)–C–C–N with tert-alkyl or cyclic N) is 2. The number of hydrogen-bond donors (Lipinski definition) is 4. The number of nitrogens with zero attached hydrogens (tertiary/aromatic N) is 2. The van der Waals surface area contributed by atoms with E-state index in [4.69, 9.17) is 10.2 Å². The lowest BCUT2D eigenvalue weighted by Crippen LogP contribution is -2.49. The highest BCUT2D eigenvalue weighted by atomic mass is 79.9. The average molecular weight is 585 g/mol. The Kier molecular flexibility index (Phi) is 10.6. The summed E-state index contributed by atoms with van der Waals surface area (Å²) in [6, 6.07) is 21.9. The summed E-state index contributed by atoms with van der Waals surface area (Å²) < 4.78 is 0.928. The fourth-order valence-electron chi connectivity index (χ4n) is 4.14.